The van der Waals surface area contributed by atoms with E-state index in [0.29, 0.717) is 47.9 Å². The third-order valence-corrected chi connectivity index (χ3v) is 13.6. The van der Waals surface area contributed by atoms with Crippen LogP contribution in [0.4, 0.5) is 0 Å². The lowest BCUT2D eigenvalue weighted by molar-refractivity contribution is -0.139. The number of aliphatic hydroxyl groups excluding tert-OH is 1. The first-order valence-electron chi connectivity index (χ1n) is 28.1. The van der Waals surface area contributed by atoms with E-state index in [-0.39, 0.29) is 58.0 Å². The molecule has 4 aromatic rings. The van der Waals surface area contributed by atoms with Crippen LogP contribution in [0.5, 0.6) is 0 Å². The highest BCUT2D eigenvalue weighted by molar-refractivity contribution is 5.98. The predicted octanol–water partition coefficient (Wildman–Crippen LogP) is -0.699. The molecule has 0 unspecified atom stereocenters. The molecule has 0 saturated carbocycles. The number of aliphatic carboxylic acids is 2. The molecule has 25 nitrogen and oxygen atoms in total. The van der Waals surface area contributed by atoms with Gasteiger partial charge in [-0.3, -0.25) is 52.7 Å². The Morgan fingerprint density at radius 1 is 0.341 bits per heavy atom. The van der Waals surface area contributed by atoms with Crippen molar-refractivity contribution in [1.82, 2.24) is 42.5 Å². The number of unbranched alkanes of at least 4 members (excludes halogenated alkanes) is 2. The van der Waals surface area contributed by atoms with Gasteiger partial charge in [-0.2, -0.15) is 0 Å². The summed E-state index contributed by atoms with van der Waals surface area (Å²) in [5, 5.41) is 49.5. The number of primary amides is 1. The predicted molar refractivity (Wildman–Crippen MR) is 312 cm³/mol. The van der Waals surface area contributed by atoms with E-state index in [0.717, 1.165) is 0 Å². The Bertz CT molecular complexity index is 2820. The van der Waals surface area contributed by atoms with Crippen molar-refractivity contribution in [2.75, 3.05) is 19.7 Å². The number of carbonyl (C=O) groups excluding carboxylic acids is 9. The molecule has 4 rings (SSSR count). The van der Waals surface area contributed by atoms with E-state index < -0.39 is 139 Å². The van der Waals surface area contributed by atoms with E-state index in [1.807, 2.05) is 0 Å². The summed E-state index contributed by atoms with van der Waals surface area (Å²) in [6, 6.07) is 22.7. The normalized spacial score (nSPS) is 13.7. The van der Waals surface area contributed by atoms with Crippen molar-refractivity contribution in [3.05, 3.63) is 144 Å². The fraction of sp³-hybridized carbons (Fsp3) is 0.417. The van der Waals surface area contributed by atoms with Crippen LogP contribution in [0.15, 0.2) is 121 Å². The monoisotopic (exact) mass is 1180 g/mol. The van der Waals surface area contributed by atoms with Gasteiger partial charge in [0, 0.05) is 38.5 Å². The highest BCUT2D eigenvalue weighted by atomic mass is 16.4. The lowest BCUT2D eigenvalue weighted by atomic mass is 10.0. The molecule has 458 valence electrons. The van der Waals surface area contributed by atoms with Crippen molar-refractivity contribution >= 4 is 65.1 Å². The second-order valence-electron chi connectivity index (χ2n) is 20.3. The van der Waals surface area contributed by atoms with Gasteiger partial charge in [0.15, 0.2) is 0 Å². The Labute approximate surface area is 492 Å². The number of nitrogens with two attached hydrogens (primary N) is 3. The maximum atomic E-state index is 14.7. The molecule has 0 fully saturated rings. The molecule has 0 aromatic heterocycles. The van der Waals surface area contributed by atoms with Gasteiger partial charge in [0.25, 0.3) is 0 Å². The van der Waals surface area contributed by atoms with E-state index in [2.05, 4.69) is 42.5 Å². The van der Waals surface area contributed by atoms with Gasteiger partial charge in [-0.15, -0.1) is 0 Å². The van der Waals surface area contributed by atoms with Crippen LogP contribution in [0, 0.1) is 0 Å². The van der Waals surface area contributed by atoms with Crippen molar-refractivity contribution < 1.29 is 68.1 Å². The number of aliphatic hydroxyl groups is 1. The van der Waals surface area contributed by atoms with Crippen LogP contribution in [-0.4, -0.2) is 148 Å². The first-order valence-corrected chi connectivity index (χ1v) is 28.1. The molecule has 17 N–H and O–H groups in total. The van der Waals surface area contributed by atoms with E-state index in [4.69, 9.17) is 17.2 Å². The number of carbonyl (C=O) groups is 11. The largest absolute Gasteiger partial charge is 0.481 e. The summed E-state index contributed by atoms with van der Waals surface area (Å²) in [4.78, 5) is 149. The fourth-order valence-electron chi connectivity index (χ4n) is 9.00. The van der Waals surface area contributed by atoms with Crippen LogP contribution in [0.2, 0.25) is 0 Å². The van der Waals surface area contributed by atoms with Gasteiger partial charge in [0.05, 0.1) is 0 Å². The van der Waals surface area contributed by atoms with E-state index >= 15 is 0 Å². The molecule has 0 heterocycles. The van der Waals surface area contributed by atoms with Crippen LogP contribution >= 0.6 is 0 Å². The summed E-state index contributed by atoms with van der Waals surface area (Å²) in [6.07, 6.45) is -1.03. The number of carboxylic acid groups (broad SMARTS) is 2. The standard InChI is InChI=1S/C60H79N11O14/c61-31-15-13-25-43(66-57(82)46(64-50(73)37-72)33-38-17-5-1-6-18-38)54(79)70-49(36-41-23-11-4-12-24-41)60(85)68-45(28-30-52(76)77)56(81)71-48(35-40-21-9-3-10-22-40)59(84)67-44(26-14-16-32-62)55(80)69-47(34-39-19-7-2-8-20-39)58(83)65-42(53(63)78)27-29-51(74)75/h1-12,17-24,42-49,72H,13-16,25-37,61-62H2,(H2,63,78)(H,64,73)(H,65,83)(H,66,82)(H,67,84)(H,68,85)(H,69,80)(H,70,79)(H,71,81)(H,74,75)(H,76,77)/t42-,43-,44-,45-,46-,47-,48-,49-/m0/s1. The maximum absolute atomic E-state index is 14.7. The quantitative estimate of drug-likeness (QED) is 0.0246. The molecular formula is C60H79N11O14. The first-order chi connectivity index (χ1) is 40.8. The minimum Gasteiger partial charge on any atom is -0.481 e. The Hall–Kier alpha value is -9.07. The van der Waals surface area contributed by atoms with Gasteiger partial charge >= 0.3 is 11.9 Å². The zero-order chi connectivity index (χ0) is 62.1. The molecule has 9 amide bonds. The Balaban J connectivity index is 1.66. The average Bonchev–Trinajstić information content (AvgIpc) is 3.69. The average molecular weight is 1180 g/mol. The van der Waals surface area contributed by atoms with E-state index in [1.54, 1.807) is 121 Å². The number of benzene rings is 4. The van der Waals surface area contributed by atoms with Gasteiger partial charge in [0.2, 0.25) is 53.2 Å². The van der Waals surface area contributed by atoms with Crippen LogP contribution in [-0.2, 0) is 78.4 Å². The Morgan fingerprint density at radius 3 is 0.859 bits per heavy atom. The minimum atomic E-state index is -1.67. The van der Waals surface area contributed by atoms with Crippen LogP contribution in [0.25, 0.3) is 0 Å². The van der Waals surface area contributed by atoms with Gasteiger partial charge in [-0.05, 0) is 86.7 Å². The summed E-state index contributed by atoms with van der Waals surface area (Å²) in [5.74, 6) is -10.7. The third-order valence-electron chi connectivity index (χ3n) is 13.6. The van der Waals surface area contributed by atoms with Crippen molar-refractivity contribution in [2.45, 2.75) is 138 Å². The van der Waals surface area contributed by atoms with Crippen molar-refractivity contribution in [2.24, 2.45) is 17.2 Å². The van der Waals surface area contributed by atoms with Crippen LogP contribution in [0.3, 0.4) is 0 Å². The summed E-state index contributed by atoms with van der Waals surface area (Å²) in [6.45, 7) is -0.452. The number of amides is 9. The maximum Gasteiger partial charge on any atom is 0.303 e. The molecule has 25 heteroatoms. The molecular weight excluding hydrogens is 1100 g/mol. The molecule has 0 bridgehead atoms. The molecule has 85 heavy (non-hydrogen) atoms. The molecule has 8 atom stereocenters. The number of hydrogen-bond acceptors (Lipinski definition) is 14. The zero-order valence-electron chi connectivity index (χ0n) is 47.3. The van der Waals surface area contributed by atoms with Gasteiger partial charge in [-0.25, -0.2) is 0 Å². The van der Waals surface area contributed by atoms with E-state index in [1.165, 1.54) is 0 Å². The minimum absolute atomic E-state index is 0.0102. The summed E-state index contributed by atoms with van der Waals surface area (Å²) >= 11 is 0. The Kier molecular flexibility index (Phi) is 29.9. The molecule has 0 aliphatic rings. The Morgan fingerprint density at radius 2 is 0.588 bits per heavy atom. The van der Waals surface area contributed by atoms with Crippen molar-refractivity contribution in [3.63, 3.8) is 0 Å². The number of rotatable bonds is 39. The molecule has 0 saturated heterocycles. The smallest absolute Gasteiger partial charge is 0.303 e. The van der Waals surface area contributed by atoms with Crippen LogP contribution < -0.4 is 59.7 Å². The van der Waals surface area contributed by atoms with Crippen LogP contribution in [0.1, 0.15) is 86.5 Å². The lowest BCUT2D eigenvalue weighted by Crippen LogP contribution is -2.61. The second kappa shape index (κ2) is 37.2. The van der Waals surface area contributed by atoms with Crippen molar-refractivity contribution in [1.29, 1.82) is 0 Å². The number of carboxylic acids is 2. The summed E-state index contributed by atoms with van der Waals surface area (Å²) < 4.78 is 0. The highest BCUT2D eigenvalue weighted by Gasteiger charge is 2.35. The fourth-order valence-corrected chi connectivity index (χ4v) is 9.00. The zero-order valence-corrected chi connectivity index (χ0v) is 47.3. The molecule has 0 radical (unpaired) electrons. The molecule has 0 aliphatic carbocycles. The highest BCUT2D eigenvalue weighted by Crippen LogP contribution is 2.14. The first kappa shape index (κ1) is 68.4. The molecule has 0 aliphatic heterocycles. The second-order valence-corrected chi connectivity index (χ2v) is 20.3. The topological polar surface area (TPSA) is 423 Å². The van der Waals surface area contributed by atoms with Gasteiger partial charge in [0.1, 0.15) is 54.9 Å². The third kappa shape index (κ3) is 25.5. The molecule has 4 aromatic carbocycles. The van der Waals surface area contributed by atoms with Gasteiger partial charge < -0.3 is 75.1 Å². The summed E-state index contributed by atoms with van der Waals surface area (Å²) in [5.41, 5.74) is 19.4. The number of nitrogens with one attached hydrogen (secondary N) is 8. The lowest BCUT2D eigenvalue weighted by Gasteiger charge is -2.28. The van der Waals surface area contributed by atoms with E-state index in [9.17, 15) is 68.1 Å². The summed E-state index contributed by atoms with van der Waals surface area (Å²) in [7, 11) is 0. The molecule has 0 spiro atoms. The number of hydrogen-bond donors (Lipinski definition) is 14. The van der Waals surface area contributed by atoms with Gasteiger partial charge in [-0.1, -0.05) is 121 Å². The SMILES string of the molecule is NCCCC[C@H](NC(=O)[C@H](Cc1ccccc1)NC(=O)CO)C(=O)N[C@@H](Cc1ccccc1)C(=O)N[C@@H](CCC(=O)O)C(=O)N[C@@H](Cc1ccccc1)C(=O)N[C@@H](CCCCN)C(=O)N[C@@H](Cc1ccccc1)C(=O)N[C@@H](CCC(=O)O)C(N)=O. The van der Waals surface area contributed by atoms with Crippen molar-refractivity contribution in [3.8, 4) is 0 Å².